The summed E-state index contributed by atoms with van der Waals surface area (Å²) in [5, 5.41) is 3.89. The summed E-state index contributed by atoms with van der Waals surface area (Å²) in [7, 11) is 2.21. The van der Waals surface area contributed by atoms with Gasteiger partial charge in [0.2, 0.25) is 5.89 Å². The molecule has 3 heterocycles. The minimum atomic E-state index is 0.303. The predicted molar refractivity (Wildman–Crippen MR) is 78.9 cm³/mol. The zero-order valence-corrected chi connectivity index (χ0v) is 13.1. The Hall–Kier alpha value is -0.980. The highest BCUT2D eigenvalue weighted by Crippen LogP contribution is 2.22. The van der Waals surface area contributed by atoms with Crippen LogP contribution in [0.3, 0.4) is 0 Å². The average molecular weight is 294 g/mol. The molecule has 0 aromatic carbocycles. The van der Waals surface area contributed by atoms with Crippen LogP contribution in [0.2, 0.25) is 0 Å². The van der Waals surface area contributed by atoms with Crippen molar-refractivity contribution in [1.29, 1.82) is 0 Å². The summed E-state index contributed by atoms with van der Waals surface area (Å²) in [5.74, 6) is 1.26. The molecule has 0 N–H and O–H groups in total. The van der Waals surface area contributed by atoms with Gasteiger partial charge >= 0.3 is 0 Å². The summed E-state index contributed by atoms with van der Waals surface area (Å²) in [6, 6.07) is 0.736. The molecule has 21 heavy (non-hydrogen) atoms. The van der Waals surface area contributed by atoms with Gasteiger partial charge < -0.3 is 14.2 Å². The summed E-state index contributed by atoms with van der Waals surface area (Å²) in [6.07, 6.45) is 5.24. The highest BCUT2D eigenvalue weighted by molar-refractivity contribution is 4.85. The number of likely N-dealkylation sites (tertiary alicyclic amines) is 2. The Morgan fingerprint density at radius 1 is 1.24 bits per heavy atom. The maximum Gasteiger partial charge on any atom is 0.223 e. The summed E-state index contributed by atoms with van der Waals surface area (Å²) >= 11 is 0. The Bertz CT molecular complexity index is 443. The number of rotatable bonds is 4. The number of nitrogens with zero attached hydrogens (tertiary/aromatic N) is 4. The Morgan fingerprint density at radius 3 is 2.76 bits per heavy atom. The number of hydrogen-bond acceptors (Lipinski definition) is 6. The first kappa shape index (κ1) is 14.9. The quantitative estimate of drug-likeness (QED) is 0.838. The van der Waals surface area contributed by atoms with E-state index >= 15 is 0 Å². The zero-order valence-electron chi connectivity index (χ0n) is 13.1. The van der Waals surface area contributed by atoms with Crippen molar-refractivity contribution in [3.05, 3.63) is 11.7 Å². The number of ether oxygens (including phenoxy) is 1. The van der Waals surface area contributed by atoms with E-state index in [2.05, 4.69) is 27.0 Å². The molecule has 0 spiro atoms. The van der Waals surface area contributed by atoms with Crippen LogP contribution in [0.15, 0.2) is 4.52 Å². The van der Waals surface area contributed by atoms with Crippen LogP contribution in [0.4, 0.5) is 0 Å². The largest absolute Gasteiger partial charge is 0.369 e. The van der Waals surface area contributed by atoms with Gasteiger partial charge in [0.1, 0.15) is 6.61 Å². The standard InChI is InChI=1S/C15H26N4O2/c1-12-16-15(17-21-12)11-20-14-4-3-7-19(10-14)13-5-8-18(2)9-6-13/h13-14H,3-11H2,1-2H3. The molecule has 0 aliphatic carbocycles. The van der Waals surface area contributed by atoms with E-state index in [1.54, 1.807) is 6.92 Å². The molecule has 6 heteroatoms. The van der Waals surface area contributed by atoms with Gasteiger partial charge in [-0.1, -0.05) is 5.16 Å². The van der Waals surface area contributed by atoms with Crippen molar-refractivity contribution < 1.29 is 9.26 Å². The molecule has 1 aromatic heterocycles. The summed E-state index contributed by atoms with van der Waals surface area (Å²) in [5.41, 5.74) is 0. The van der Waals surface area contributed by atoms with E-state index in [1.165, 1.54) is 38.9 Å². The van der Waals surface area contributed by atoms with Crippen molar-refractivity contribution in [2.24, 2.45) is 0 Å². The lowest BCUT2D eigenvalue weighted by molar-refractivity contribution is -0.0308. The minimum absolute atomic E-state index is 0.303. The molecule has 2 aliphatic rings. The molecule has 2 saturated heterocycles. The normalized spacial score (nSPS) is 26.3. The third-order valence-electron chi connectivity index (χ3n) is 4.63. The van der Waals surface area contributed by atoms with Crippen LogP contribution < -0.4 is 0 Å². The molecule has 1 atom stereocenters. The lowest BCUT2D eigenvalue weighted by Crippen LogP contribution is -2.49. The van der Waals surface area contributed by atoms with Gasteiger partial charge in [-0.2, -0.15) is 4.98 Å². The van der Waals surface area contributed by atoms with Crippen LogP contribution >= 0.6 is 0 Å². The molecular weight excluding hydrogens is 268 g/mol. The van der Waals surface area contributed by atoms with Crippen molar-refractivity contribution in [2.75, 3.05) is 33.2 Å². The predicted octanol–water partition coefficient (Wildman–Crippen LogP) is 1.45. The molecule has 1 aromatic rings. The van der Waals surface area contributed by atoms with Crippen molar-refractivity contribution >= 4 is 0 Å². The maximum atomic E-state index is 5.99. The number of hydrogen-bond donors (Lipinski definition) is 0. The fraction of sp³-hybridized carbons (Fsp3) is 0.867. The van der Waals surface area contributed by atoms with Crippen LogP contribution in [0, 0.1) is 6.92 Å². The van der Waals surface area contributed by atoms with Gasteiger partial charge in [0.05, 0.1) is 6.10 Å². The van der Waals surface area contributed by atoms with Crippen LogP contribution in [0.25, 0.3) is 0 Å². The second-order valence-electron chi connectivity index (χ2n) is 6.33. The second kappa shape index (κ2) is 6.85. The van der Waals surface area contributed by atoms with E-state index in [0.29, 0.717) is 24.4 Å². The number of piperidine rings is 2. The average Bonchev–Trinajstić information content (AvgIpc) is 2.92. The van der Waals surface area contributed by atoms with E-state index in [1.807, 2.05) is 0 Å². The van der Waals surface area contributed by atoms with Crippen molar-refractivity contribution in [3.63, 3.8) is 0 Å². The van der Waals surface area contributed by atoms with Crippen molar-refractivity contribution in [2.45, 2.75) is 51.4 Å². The van der Waals surface area contributed by atoms with E-state index < -0.39 is 0 Å². The second-order valence-corrected chi connectivity index (χ2v) is 6.33. The Morgan fingerprint density at radius 2 is 2.05 bits per heavy atom. The molecule has 118 valence electrons. The lowest BCUT2D eigenvalue weighted by atomic mass is 9.99. The summed E-state index contributed by atoms with van der Waals surface area (Å²) < 4.78 is 11.0. The molecule has 2 fully saturated rings. The smallest absolute Gasteiger partial charge is 0.223 e. The highest BCUT2D eigenvalue weighted by Gasteiger charge is 2.28. The number of aromatic nitrogens is 2. The number of aryl methyl sites for hydroxylation is 1. The van der Waals surface area contributed by atoms with Gasteiger partial charge in [-0.15, -0.1) is 0 Å². The summed E-state index contributed by atoms with van der Waals surface area (Å²) in [6.45, 7) is 6.96. The van der Waals surface area contributed by atoms with Crippen LogP contribution in [0.5, 0.6) is 0 Å². The molecule has 2 aliphatic heterocycles. The fourth-order valence-corrected chi connectivity index (χ4v) is 3.39. The van der Waals surface area contributed by atoms with Gasteiger partial charge in [0.25, 0.3) is 0 Å². The Balaban J connectivity index is 1.46. The van der Waals surface area contributed by atoms with E-state index in [-0.39, 0.29) is 0 Å². The van der Waals surface area contributed by atoms with Gasteiger partial charge in [-0.05, 0) is 52.4 Å². The van der Waals surface area contributed by atoms with Gasteiger partial charge in [-0.25, -0.2) is 0 Å². The highest BCUT2D eigenvalue weighted by atomic mass is 16.5. The fourth-order valence-electron chi connectivity index (χ4n) is 3.39. The molecule has 0 bridgehead atoms. The summed E-state index contributed by atoms with van der Waals surface area (Å²) in [4.78, 5) is 9.24. The third kappa shape index (κ3) is 4.02. The molecule has 0 radical (unpaired) electrons. The molecule has 0 amide bonds. The van der Waals surface area contributed by atoms with E-state index in [4.69, 9.17) is 9.26 Å². The first-order chi connectivity index (χ1) is 10.2. The SMILES string of the molecule is Cc1nc(COC2CCCN(C3CCN(C)CC3)C2)no1. The van der Waals surface area contributed by atoms with Crippen LogP contribution in [-0.2, 0) is 11.3 Å². The zero-order chi connectivity index (χ0) is 14.7. The molecule has 3 rings (SSSR count). The minimum Gasteiger partial charge on any atom is -0.369 e. The first-order valence-corrected chi connectivity index (χ1v) is 8.04. The Labute approximate surface area is 126 Å². The molecule has 1 unspecified atom stereocenters. The first-order valence-electron chi connectivity index (χ1n) is 8.04. The molecule has 0 saturated carbocycles. The van der Waals surface area contributed by atoms with Gasteiger partial charge in [-0.3, -0.25) is 4.90 Å². The molecular formula is C15H26N4O2. The van der Waals surface area contributed by atoms with Gasteiger partial charge in [0.15, 0.2) is 5.82 Å². The topological polar surface area (TPSA) is 54.6 Å². The van der Waals surface area contributed by atoms with E-state index in [0.717, 1.165) is 19.0 Å². The monoisotopic (exact) mass is 294 g/mol. The Kier molecular flexibility index (Phi) is 4.87. The van der Waals surface area contributed by atoms with E-state index in [9.17, 15) is 0 Å². The third-order valence-corrected chi connectivity index (χ3v) is 4.63. The van der Waals surface area contributed by atoms with Crippen LogP contribution in [0.1, 0.15) is 37.4 Å². The lowest BCUT2D eigenvalue weighted by Gasteiger charge is -2.41. The molecule has 6 nitrogen and oxygen atoms in total. The maximum absolute atomic E-state index is 5.99. The van der Waals surface area contributed by atoms with Crippen LogP contribution in [-0.4, -0.2) is 65.3 Å². The van der Waals surface area contributed by atoms with Crippen molar-refractivity contribution in [3.8, 4) is 0 Å². The van der Waals surface area contributed by atoms with Crippen molar-refractivity contribution in [1.82, 2.24) is 19.9 Å². The van der Waals surface area contributed by atoms with Gasteiger partial charge in [0, 0.05) is 19.5 Å².